The molecule has 2 aliphatic heterocycles. The van der Waals surface area contributed by atoms with Crippen molar-refractivity contribution in [3.05, 3.63) is 113 Å². The van der Waals surface area contributed by atoms with E-state index in [1.165, 1.54) is 31.4 Å². The number of hydrazine groups is 1. The summed E-state index contributed by atoms with van der Waals surface area (Å²) in [4.78, 5) is 45.7. The van der Waals surface area contributed by atoms with E-state index in [4.69, 9.17) is 9.47 Å². The van der Waals surface area contributed by atoms with Crippen molar-refractivity contribution in [1.82, 2.24) is 25.2 Å². The third-order valence-electron chi connectivity index (χ3n) is 8.77. The second-order valence-electron chi connectivity index (χ2n) is 11.3. The van der Waals surface area contributed by atoms with Crippen LogP contribution in [0.15, 0.2) is 84.3 Å². The normalized spacial score (nSPS) is 17.5. The highest BCUT2D eigenvalue weighted by molar-refractivity contribution is 5.95. The van der Waals surface area contributed by atoms with Crippen LogP contribution in [-0.2, 0) is 24.5 Å². The van der Waals surface area contributed by atoms with Gasteiger partial charge in [0.2, 0.25) is 6.41 Å². The first-order chi connectivity index (χ1) is 22.3. The number of ether oxygens (including phenoxy) is 2. The maximum atomic E-state index is 14.4. The monoisotopic (exact) mass is 705 g/mol. The molecule has 1 atom stereocenters. The first kappa shape index (κ1) is 38.3. The van der Waals surface area contributed by atoms with Crippen LogP contribution in [0.1, 0.15) is 42.0 Å². The molecule has 1 fully saturated rings. The van der Waals surface area contributed by atoms with E-state index >= 15 is 0 Å². The molecule has 3 amide bonds. The van der Waals surface area contributed by atoms with Crippen molar-refractivity contribution in [2.45, 2.75) is 30.7 Å². The predicted molar refractivity (Wildman–Crippen MR) is 179 cm³/mol. The molecular weight excluding hydrogens is 667 g/mol. The maximum Gasteiger partial charge on any atom is 0.341 e. The Balaban J connectivity index is 0.00000312. The van der Waals surface area contributed by atoms with Gasteiger partial charge in [0, 0.05) is 31.5 Å². The Kier molecular flexibility index (Phi) is 13.9. The molecule has 0 saturated carbocycles. The molecule has 258 valence electrons. The van der Waals surface area contributed by atoms with E-state index in [2.05, 4.69) is 45.5 Å². The van der Waals surface area contributed by atoms with Crippen molar-refractivity contribution in [3.8, 4) is 0 Å². The summed E-state index contributed by atoms with van der Waals surface area (Å²) in [5.41, 5.74) is 2.37. The summed E-state index contributed by atoms with van der Waals surface area (Å²) in [5, 5.41) is 4.81. The van der Waals surface area contributed by atoms with Crippen LogP contribution < -0.4 is 5.32 Å². The summed E-state index contributed by atoms with van der Waals surface area (Å²) in [6.07, 6.45) is 6.46. The van der Waals surface area contributed by atoms with E-state index in [1.807, 2.05) is 18.3 Å². The number of carbonyl (C=O) groups is 3. The lowest BCUT2D eigenvalue weighted by Gasteiger charge is -2.44. The molecule has 14 heteroatoms. The van der Waals surface area contributed by atoms with Gasteiger partial charge in [-0.05, 0) is 73.8 Å². The summed E-state index contributed by atoms with van der Waals surface area (Å²) in [6.45, 7) is 2.21. The second-order valence-corrected chi connectivity index (χ2v) is 11.3. The predicted octanol–water partition coefficient (Wildman–Crippen LogP) is 5.19. The molecule has 3 aromatic rings. The van der Waals surface area contributed by atoms with Gasteiger partial charge in [-0.25, -0.2) is 23.4 Å². The van der Waals surface area contributed by atoms with E-state index in [1.54, 1.807) is 6.20 Å². The molecular formula is C34H39Cl2F2N5O5. The van der Waals surface area contributed by atoms with Gasteiger partial charge in [-0.15, -0.1) is 24.8 Å². The minimum Gasteiger partial charge on any atom is -0.466 e. The SMILES string of the molecule is COCC1=C(C(=O)OC)C(c2ccc(F)c(F)c2)N(N(C=O)CCCN2CCC(c3ccccc3)(c3cccnc3)CC2)C(=O)N1.Cl.Cl. The van der Waals surface area contributed by atoms with E-state index in [0.717, 1.165) is 48.1 Å². The number of aromatic nitrogens is 1. The van der Waals surface area contributed by atoms with Gasteiger partial charge in [0.05, 0.1) is 25.0 Å². The first-order valence-corrected chi connectivity index (χ1v) is 15.1. The fourth-order valence-corrected chi connectivity index (χ4v) is 6.49. The van der Waals surface area contributed by atoms with Crippen molar-refractivity contribution in [2.24, 2.45) is 0 Å². The number of carbonyl (C=O) groups excluding carboxylic acids is 3. The zero-order valence-corrected chi connectivity index (χ0v) is 28.3. The smallest absolute Gasteiger partial charge is 0.341 e. The summed E-state index contributed by atoms with van der Waals surface area (Å²) in [7, 11) is 2.55. The standard InChI is InChI=1S/C34H37F2N5O5.2ClH/c1-45-22-29-30(32(43)46-2)31(24-11-12-27(35)28(36)20-24)41(33(44)38-29)40(23-42)17-7-16-39-18-13-34(14-19-39,25-8-4-3-5-9-25)26-10-6-15-37-21-26;;/h3-6,8-12,15,20-21,23,31H,7,13-14,16-19,22H2,1-2H3,(H,38,44);2*1H. The van der Waals surface area contributed by atoms with E-state index < -0.39 is 29.7 Å². The molecule has 1 N–H and O–H groups in total. The van der Waals surface area contributed by atoms with Crippen molar-refractivity contribution in [2.75, 3.05) is 47.0 Å². The lowest BCUT2D eigenvalue weighted by molar-refractivity contribution is -0.141. The Bertz CT molecular complexity index is 1540. The molecule has 2 aliphatic rings. The number of nitrogens with zero attached hydrogens (tertiary/aromatic N) is 4. The third kappa shape index (κ3) is 7.95. The van der Waals surface area contributed by atoms with Gasteiger partial charge in [0.15, 0.2) is 11.6 Å². The van der Waals surface area contributed by atoms with Crippen LogP contribution >= 0.6 is 24.8 Å². The molecule has 2 aromatic carbocycles. The average Bonchev–Trinajstić information content (AvgIpc) is 3.09. The van der Waals surface area contributed by atoms with Crippen LogP contribution in [0.5, 0.6) is 0 Å². The van der Waals surface area contributed by atoms with E-state index in [9.17, 15) is 23.2 Å². The van der Waals surface area contributed by atoms with Crippen LogP contribution in [0.4, 0.5) is 13.6 Å². The minimum atomic E-state index is -1.28. The number of nitrogens with one attached hydrogen (secondary N) is 1. The van der Waals surface area contributed by atoms with Gasteiger partial charge in [-0.1, -0.05) is 42.5 Å². The Hall–Kier alpha value is -4.10. The Morgan fingerprint density at radius 2 is 1.75 bits per heavy atom. The molecule has 48 heavy (non-hydrogen) atoms. The van der Waals surface area contributed by atoms with Gasteiger partial charge in [0.1, 0.15) is 6.04 Å². The quantitative estimate of drug-likeness (QED) is 0.204. The van der Waals surface area contributed by atoms with Gasteiger partial charge in [-0.3, -0.25) is 14.8 Å². The molecule has 1 saturated heterocycles. The second kappa shape index (κ2) is 17.3. The van der Waals surface area contributed by atoms with E-state index in [0.29, 0.717) is 19.4 Å². The molecule has 0 spiro atoms. The highest BCUT2D eigenvalue weighted by atomic mass is 35.5. The molecule has 10 nitrogen and oxygen atoms in total. The first-order valence-electron chi connectivity index (χ1n) is 15.1. The Labute approximate surface area is 290 Å². The number of urea groups is 1. The number of hydrogen-bond acceptors (Lipinski definition) is 7. The minimum absolute atomic E-state index is 0. The summed E-state index contributed by atoms with van der Waals surface area (Å²) < 4.78 is 38.5. The zero-order chi connectivity index (χ0) is 32.7. The fraction of sp³-hybridized carbons (Fsp3) is 0.353. The number of amides is 3. The maximum absolute atomic E-state index is 14.4. The molecule has 0 aliphatic carbocycles. The molecule has 1 unspecified atom stereocenters. The van der Waals surface area contributed by atoms with Crippen molar-refractivity contribution in [1.29, 1.82) is 0 Å². The number of benzene rings is 2. The van der Waals surface area contributed by atoms with Crippen molar-refractivity contribution >= 4 is 43.2 Å². The summed E-state index contributed by atoms with van der Waals surface area (Å²) in [5.74, 6) is -3.08. The number of halogens is 4. The van der Waals surface area contributed by atoms with Gasteiger partial charge in [0.25, 0.3) is 0 Å². The number of piperidine rings is 1. The average molecular weight is 707 g/mol. The van der Waals surface area contributed by atoms with Crippen LogP contribution in [0.3, 0.4) is 0 Å². The summed E-state index contributed by atoms with van der Waals surface area (Å²) >= 11 is 0. The molecule has 3 heterocycles. The highest BCUT2D eigenvalue weighted by Gasteiger charge is 2.43. The zero-order valence-electron chi connectivity index (χ0n) is 26.6. The van der Waals surface area contributed by atoms with Crippen LogP contribution in [0.2, 0.25) is 0 Å². The van der Waals surface area contributed by atoms with Crippen molar-refractivity contribution < 1.29 is 32.6 Å². The molecule has 1 aromatic heterocycles. The number of esters is 1. The summed E-state index contributed by atoms with van der Waals surface area (Å²) in [6, 6.07) is 15.6. The van der Waals surface area contributed by atoms with Gasteiger partial charge in [-0.2, -0.15) is 0 Å². The van der Waals surface area contributed by atoms with Crippen molar-refractivity contribution in [3.63, 3.8) is 0 Å². The Morgan fingerprint density at radius 1 is 1.04 bits per heavy atom. The van der Waals surface area contributed by atoms with Gasteiger partial charge < -0.3 is 19.7 Å². The highest BCUT2D eigenvalue weighted by Crippen LogP contribution is 2.41. The largest absolute Gasteiger partial charge is 0.466 e. The lowest BCUT2D eigenvalue weighted by atomic mass is 9.68. The third-order valence-corrected chi connectivity index (χ3v) is 8.77. The number of pyridine rings is 1. The number of methoxy groups -OCH3 is 2. The molecule has 0 bridgehead atoms. The number of likely N-dealkylation sites (tertiary alicyclic amines) is 1. The number of rotatable bonds is 12. The lowest BCUT2D eigenvalue weighted by Crippen LogP contribution is -2.57. The van der Waals surface area contributed by atoms with Gasteiger partial charge >= 0.3 is 12.0 Å². The Morgan fingerprint density at radius 3 is 2.35 bits per heavy atom. The van der Waals surface area contributed by atoms with Crippen LogP contribution in [-0.4, -0.2) is 85.3 Å². The molecule has 0 radical (unpaired) electrons. The van der Waals surface area contributed by atoms with E-state index in [-0.39, 0.29) is 60.2 Å². The number of hydrogen-bond donors (Lipinski definition) is 1. The van der Waals surface area contributed by atoms with Crippen LogP contribution in [0, 0.1) is 11.6 Å². The topological polar surface area (TPSA) is 104 Å². The molecule has 5 rings (SSSR count). The van der Waals surface area contributed by atoms with Crippen LogP contribution in [0.25, 0.3) is 0 Å². The fourth-order valence-electron chi connectivity index (χ4n) is 6.49.